The average molecular weight is 577 g/mol. The molecule has 0 saturated carbocycles. The van der Waals surface area contributed by atoms with Crippen molar-refractivity contribution in [3.8, 4) is 5.69 Å². The molecule has 3 aromatic carbocycles. The van der Waals surface area contributed by atoms with E-state index in [2.05, 4.69) is 49.7 Å². The molecule has 4 aromatic rings. The van der Waals surface area contributed by atoms with Crippen molar-refractivity contribution in [2.24, 2.45) is 5.92 Å². The highest BCUT2D eigenvalue weighted by molar-refractivity contribution is 9.10. The fourth-order valence-electron chi connectivity index (χ4n) is 5.82. The Morgan fingerprint density at radius 1 is 0.947 bits per heavy atom. The van der Waals surface area contributed by atoms with E-state index in [4.69, 9.17) is 4.98 Å². The minimum atomic E-state index is -0.205. The lowest BCUT2D eigenvalue weighted by Crippen LogP contribution is -2.52. The zero-order valence-electron chi connectivity index (χ0n) is 21.3. The summed E-state index contributed by atoms with van der Waals surface area (Å²) < 4.78 is 17.5. The van der Waals surface area contributed by atoms with Crippen molar-refractivity contribution in [3.63, 3.8) is 0 Å². The van der Waals surface area contributed by atoms with Crippen molar-refractivity contribution in [1.82, 2.24) is 19.4 Å². The maximum atomic E-state index is 14.2. The normalized spacial score (nSPS) is 18.7. The average Bonchev–Trinajstić information content (AvgIpc) is 3.31. The van der Waals surface area contributed by atoms with Gasteiger partial charge in [-0.1, -0.05) is 46.3 Å². The molecule has 196 valence electrons. The van der Waals surface area contributed by atoms with E-state index in [0.29, 0.717) is 38.4 Å². The predicted molar refractivity (Wildman–Crippen MR) is 152 cm³/mol. The molecule has 1 atom stereocenters. The van der Waals surface area contributed by atoms with E-state index < -0.39 is 0 Å². The van der Waals surface area contributed by atoms with Crippen LogP contribution in [0.4, 0.5) is 10.1 Å². The summed E-state index contributed by atoms with van der Waals surface area (Å²) in [7, 11) is 0. The van der Waals surface area contributed by atoms with Gasteiger partial charge in [-0.3, -0.25) is 14.3 Å². The van der Waals surface area contributed by atoms with Crippen LogP contribution in [0.25, 0.3) is 16.7 Å². The summed E-state index contributed by atoms with van der Waals surface area (Å²) in [6.45, 7) is 4.93. The molecular weight excluding hydrogens is 545 g/mol. The van der Waals surface area contributed by atoms with Crippen LogP contribution < -0.4 is 4.90 Å². The SMILES string of the molecule is O=C([C@H]1CCCN(Cc2nc3ccccc3n2-c2cccc(Br)c2)C1)N1CCN(c2ccccc2F)CC1. The lowest BCUT2D eigenvalue weighted by Gasteiger charge is -2.39. The molecule has 0 bridgehead atoms. The van der Waals surface area contributed by atoms with Crippen LogP contribution in [-0.4, -0.2) is 64.5 Å². The highest BCUT2D eigenvalue weighted by Crippen LogP contribution is 2.27. The van der Waals surface area contributed by atoms with Gasteiger partial charge in [0, 0.05) is 42.9 Å². The third-order valence-electron chi connectivity index (χ3n) is 7.70. The van der Waals surface area contributed by atoms with Gasteiger partial charge in [-0.2, -0.15) is 0 Å². The van der Waals surface area contributed by atoms with Gasteiger partial charge in [0.1, 0.15) is 11.6 Å². The number of anilines is 1. The van der Waals surface area contributed by atoms with Crippen LogP contribution >= 0.6 is 15.9 Å². The van der Waals surface area contributed by atoms with Crippen molar-refractivity contribution in [2.45, 2.75) is 19.4 Å². The summed E-state index contributed by atoms with van der Waals surface area (Å²) >= 11 is 3.61. The summed E-state index contributed by atoms with van der Waals surface area (Å²) in [4.78, 5) is 24.9. The Hall–Kier alpha value is -3.23. The molecule has 0 N–H and O–H groups in total. The number of amides is 1. The van der Waals surface area contributed by atoms with Gasteiger partial charge in [0.05, 0.1) is 29.2 Å². The Kier molecular flexibility index (Phi) is 7.17. The number of aromatic nitrogens is 2. The van der Waals surface area contributed by atoms with Gasteiger partial charge >= 0.3 is 0 Å². The van der Waals surface area contributed by atoms with Crippen LogP contribution in [0.3, 0.4) is 0 Å². The van der Waals surface area contributed by atoms with Gasteiger partial charge in [0.2, 0.25) is 5.91 Å². The molecule has 2 aliphatic rings. The van der Waals surface area contributed by atoms with Gasteiger partial charge in [-0.25, -0.2) is 9.37 Å². The largest absolute Gasteiger partial charge is 0.366 e. The Morgan fingerprint density at radius 3 is 2.55 bits per heavy atom. The third-order valence-corrected chi connectivity index (χ3v) is 8.19. The van der Waals surface area contributed by atoms with Gasteiger partial charge in [0.15, 0.2) is 0 Å². The Labute approximate surface area is 230 Å². The maximum absolute atomic E-state index is 14.2. The van der Waals surface area contributed by atoms with Crippen LogP contribution in [0.1, 0.15) is 18.7 Å². The molecule has 6 nitrogen and oxygen atoms in total. The van der Waals surface area contributed by atoms with Crippen molar-refractivity contribution < 1.29 is 9.18 Å². The number of benzene rings is 3. The topological polar surface area (TPSA) is 44.6 Å². The monoisotopic (exact) mass is 575 g/mol. The van der Waals surface area contributed by atoms with Gasteiger partial charge in [-0.15, -0.1) is 0 Å². The quantitative estimate of drug-likeness (QED) is 0.316. The van der Waals surface area contributed by atoms with Gasteiger partial charge < -0.3 is 9.80 Å². The lowest BCUT2D eigenvalue weighted by molar-refractivity contribution is -0.137. The Balaban J connectivity index is 1.15. The standard InChI is InChI=1S/C30H31BrFN5O/c31-23-8-5-9-24(19-23)37-28-13-4-2-11-26(28)33-29(37)21-34-14-6-7-22(20-34)30(38)36-17-15-35(16-18-36)27-12-3-1-10-25(27)32/h1-5,8-13,19,22H,6-7,14-18,20-21H2/t22-/m0/s1. The first-order chi connectivity index (χ1) is 18.6. The second kappa shape index (κ2) is 10.9. The molecule has 38 heavy (non-hydrogen) atoms. The first-order valence-electron chi connectivity index (χ1n) is 13.3. The van der Waals surface area contributed by atoms with E-state index >= 15 is 0 Å². The molecule has 8 heteroatoms. The van der Waals surface area contributed by atoms with Crippen LogP contribution in [0.5, 0.6) is 0 Å². The van der Waals surface area contributed by atoms with E-state index in [1.54, 1.807) is 6.07 Å². The number of piperidine rings is 1. The predicted octanol–water partition coefficient (Wildman–Crippen LogP) is 5.49. The fourth-order valence-corrected chi connectivity index (χ4v) is 6.21. The van der Waals surface area contributed by atoms with Crippen LogP contribution in [0, 0.1) is 11.7 Å². The molecule has 6 rings (SSSR count). The number of rotatable bonds is 5. The second-order valence-electron chi connectivity index (χ2n) is 10.2. The number of hydrogen-bond donors (Lipinski definition) is 0. The van der Waals surface area contributed by atoms with E-state index in [9.17, 15) is 9.18 Å². The molecule has 2 aliphatic heterocycles. The molecule has 0 unspecified atom stereocenters. The van der Waals surface area contributed by atoms with E-state index in [1.165, 1.54) is 6.07 Å². The van der Waals surface area contributed by atoms with Crippen molar-refractivity contribution in [2.75, 3.05) is 44.2 Å². The molecule has 0 aliphatic carbocycles. The summed E-state index contributed by atoms with van der Waals surface area (Å²) in [5.41, 5.74) is 3.75. The minimum absolute atomic E-state index is 0.0209. The van der Waals surface area contributed by atoms with Gasteiger partial charge in [0.25, 0.3) is 0 Å². The Bertz CT molecular complexity index is 1450. The number of carbonyl (C=O) groups excluding carboxylic acids is 1. The van der Waals surface area contributed by atoms with Crippen molar-refractivity contribution >= 4 is 38.6 Å². The molecule has 0 radical (unpaired) electrons. The second-order valence-corrected chi connectivity index (χ2v) is 11.1. The maximum Gasteiger partial charge on any atom is 0.227 e. The van der Waals surface area contributed by atoms with Crippen LogP contribution in [0.2, 0.25) is 0 Å². The summed E-state index contributed by atoms with van der Waals surface area (Å²) in [6, 6.07) is 23.4. The van der Waals surface area contributed by atoms with Gasteiger partial charge in [-0.05, 0) is 61.9 Å². The molecule has 3 heterocycles. The van der Waals surface area contributed by atoms with Crippen molar-refractivity contribution in [3.05, 3.63) is 88.9 Å². The number of nitrogens with zero attached hydrogens (tertiary/aromatic N) is 5. The summed E-state index contributed by atoms with van der Waals surface area (Å²) in [6.07, 6.45) is 1.90. The Morgan fingerprint density at radius 2 is 1.74 bits per heavy atom. The number of likely N-dealkylation sites (tertiary alicyclic amines) is 1. The molecular formula is C30H31BrFN5O. The molecule has 1 aromatic heterocycles. The van der Waals surface area contributed by atoms with Crippen LogP contribution in [0.15, 0.2) is 77.3 Å². The number of carbonyl (C=O) groups is 1. The number of fused-ring (bicyclic) bond motifs is 1. The number of para-hydroxylation sites is 3. The van der Waals surface area contributed by atoms with E-state index in [-0.39, 0.29) is 17.6 Å². The summed E-state index contributed by atoms with van der Waals surface area (Å²) in [5.74, 6) is 0.982. The highest BCUT2D eigenvalue weighted by Gasteiger charge is 2.32. The van der Waals surface area contributed by atoms with E-state index in [1.807, 2.05) is 46.2 Å². The number of piperazine rings is 1. The molecule has 2 saturated heterocycles. The zero-order valence-corrected chi connectivity index (χ0v) is 22.9. The van der Waals surface area contributed by atoms with Crippen LogP contribution in [-0.2, 0) is 11.3 Å². The highest BCUT2D eigenvalue weighted by atomic mass is 79.9. The zero-order chi connectivity index (χ0) is 26.1. The fraction of sp³-hybridized carbons (Fsp3) is 0.333. The number of hydrogen-bond acceptors (Lipinski definition) is 4. The number of halogens is 2. The smallest absolute Gasteiger partial charge is 0.227 e. The van der Waals surface area contributed by atoms with E-state index in [0.717, 1.165) is 52.9 Å². The number of imidazole rings is 1. The molecule has 2 fully saturated rings. The molecule has 1 amide bonds. The third kappa shape index (κ3) is 5.07. The first kappa shape index (κ1) is 25.1. The van der Waals surface area contributed by atoms with Crippen molar-refractivity contribution in [1.29, 1.82) is 0 Å². The molecule has 0 spiro atoms. The minimum Gasteiger partial charge on any atom is -0.366 e. The first-order valence-corrected chi connectivity index (χ1v) is 14.1. The lowest BCUT2D eigenvalue weighted by atomic mass is 9.96. The summed E-state index contributed by atoms with van der Waals surface area (Å²) in [5, 5.41) is 0.